The fourth-order valence-corrected chi connectivity index (χ4v) is 3.03. The van der Waals surface area contributed by atoms with Crippen LogP contribution in [-0.2, 0) is 0 Å². The minimum absolute atomic E-state index is 0.293. The largest absolute Gasteiger partial charge is 0.366 e. The maximum Gasteiger partial charge on any atom is 0.166 e. The Kier molecular flexibility index (Phi) is 3.74. The van der Waals surface area contributed by atoms with Crippen LogP contribution in [0.15, 0.2) is 16.7 Å². The van der Waals surface area contributed by atoms with Gasteiger partial charge in [-0.1, -0.05) is 6.42 Å². The van der Waals surface area contributed by atoms with Gasteiger partial charge in [0.2, 0.25) is 0 Å². The van der Waals surface area contributed by atoms with Gasteiger partial charge in [0.25, 0.3) is 0 Å². The molecule has 16 heavy (non-hydrogen) atoms. The summed E-state index contributed by atoms with van der Waals surface area (Å²) in [6.07, 6.45) is 7.42. The lowest BCUT2D eigenvalue weighted by Gasteiger charge is -2.40. The summed E-state index contributed by atoms with van der Waals surface area (Å²) in [6.45, 7) is 0.791. The van der Waals surface area contributed by atoms with Crippen molar-refractivity contribution in [2.75, 3.05) is 18.1 Å². The van der Waals surface area contributed by atoms with Gasteiger partial charge in [0.1, 0.15) is 0 Å². The third kappa shape index (κ3) is 2.51. The van der Waals surface area contributed by atoms with Crippen molar-refractivity contribution < 1.29 is 4.39 Å². The van der Waals surface area contributed by atoms with Gasteiger partial charge in [0.15, 0.2) is 11.6 Å². The summed E-state index contributed by atoms with van der Waals surface area (Å²) in [4.78, 5) is 4.03. The fraction of sp³-hybridized carbons (Fsp3) is 0.545. The quantitative estimate of drug-likeness (QED) is 0.918. The topological polar surface area (TPSA) is 24.9 Å². The minimum atomic E-state index is -0.301. The number of pyridine rings is 1. The van der Waals surface area contributed by atoms with E-state index in [1.165, 1.54) is 25.3 Å². The van der Waals surface area contributed by atoms with Crippen LogP contribution in [0.25, 0.3) is 0 Å². The Balaban J connectivity index is 1.99. The van der Waals surface area contributed by atoms with E-state index in [4.69, 9.17) is 0 Å². The number of aromatic nitrogens is 1. The number of nitrogens with zero attached hydrogens (tertiary/aromatic N) is 1. The molecule has 1 aliphatic carbocycles. The lowest BCUT2D eigenvalue weighted by molar-refractivity contribution is 0.379. The Morgan fingerprint density at radius 1 is 1.62 bits per heavy atom. The average molecular weight is 305 g/mol. The molecule has 0 radical (unpaired) electrons. The van der Waals surface area contributed by atoms with Gasteiger partial charge >= 0.3 is 0 Å². The highest BCUT2D eigenvalue weighted by Gasteiger charge is 2.36. The molecule has 2 nitrogen and oxygen atoms in total. The molecule has 0 bridgehead atoms. The Hall–Kier alpha value is -0.290. The highest BCUT2D eigenvalue weighted by atomic mass is 79.9. The Labute approximate surface area is 108 Å². The molecule has 0 atom stereocenters. The van der Waals surface area contributed by atoms with Gasteiger partial charge in [-0.3, -0.25) is 0 Å². The Morgan fingerprint density at radius 2 is 2.38 bits per heavy atom. The van der Waals surface area contributed by atoms with Crippen molar-refractivity contribution in [3.05, 3.63) is 22.6 Å². The van der Waals surface area contributed by atoms with Crippen LogP contribution in [0.2, 0.25) is 0 Å². The van der Waals surface area contributed by atoms with E-state index in [1.54, 1.807) is 6.20 Å². The summed E-state index contributed by atoms with van der Waals surface area (Å²) < 4.78 is 14.4. The molecular formula is C11H14BrFN2S. The first-order chi connectivity index (χ1) is 7.65. The first-order valence-corrected chi connectivity index (χ1v) is 7.27. The van der Waals surface area contributed by atoms with Crippen molar-refractivity contribution in [2.24, 2.45) is 0 Å². The molecule has 2 rings (SSSR count). The molecular weight excluding hydrogens is 291 g/mol. The molecule has 1 aliphatic rings. The summed E-state index contributed by atoms with van der Waals surface area (Å²) in [6, 6.07) is 1.43. The number of hydrogen-bond acceptors (Lipinski definition) is 3. The van der Waals surface area contributed by atoms with Crippen LogP contribution in [0.5, 0.6) is 0 Å². The normalized spacial score (nSPS) is 17.9. The number of hydrogen-bond donors (Lipinski definition) is 1. The van der Waals surface area contributed by atoms with E-state index >= 15 is 0 Å². The summed E-state index contributed by atoms with van der Waals surface area (Å²) in [5.41, 5.74) is 0. The van der Waals surface area contributed by atoms with Crippen molar-refractivity contribution in [2.45, 2.75) is 24.0 Å². The molecule has 1 fully saturated rings. The highest BCUT2D eigenvalue weighted by molar-refractivity contribution is 9.10. The van der Waals surface area contributed by atoms with E-state index in [2.05, 4.69) is 32.5 Å². The Morgan fingerprint density at radius 3 is 2.88 bits per heavy atom. The van der Waals surface area contributed by atoms with E-state index in [-0.39, 0.29) is 5.82 Å². The van der Waals surface area contributed by atoms with Crippen molar-refractivity contribution >= 4 is 33.5 Å². The minimum Gasteiger partial charge on any atom is -0.366 e. The number of anilines is 1. The zero-order valence-electron chi connectivity index (χ0n) is 9.09. The molecule has 0 saturated heterocycles. The van der Waals surface area contributed by atoms with E-state index in [0.29, 0.717) is 15.0 Å². The SMILES string of the molecule is CSC1(CNc2ncc(Br)cc2F)CCC1. The summed E-state index contributed by atoms with van der Waals surface area (Å²) >= 11 is 5.06. The second-order valence-corrected chi connectivity index (χ2v) is 6.27. The van der Waals surface area contributed by atoms with E-state index < -0.39 is 0 Å². The molecule has 88 valence electrons. The van der Waals surface area contributed by atoms with Crippen molar-refractivity contribution in [1.82, 2.24) is 4.98 Å². The van der Waals surface area contributed by atoms with E-state index in [0.717, 1.165) is 6.54 Å². The first-order valence-electron chi connectivity index (χ1n) is 5.25. The zero-order valence-corrected chi connectivity index (χ0v) is 11.5. The molecule has 0 aliphatic heterocycles. The number of rotatable bonds is 4. The first kappa shape index (κ1) is 12.2. The molecule has 1 saturated carbocycles. The molecule has 5 heteroatoms. The zero-order chi connectivity index (χ0) is 11.6. The van der Waals surface area contributed by atoms with Crippen molar-refractivity contribution in [3.63, 3.8) is 0 Å². The summed E-state index contributed by atoms with van der Waals surface area (Å²) in [5.74, 6) is 0.0495. The molecule has 1 aromatic rings. The third-order valence-electron chi connectivity index (χ3n) is 3.08. The van der Waals surface area contributed by atoms with Crippen LogP contribution >= 0.6 is 27.7 Å². The highest BCUT2D eigenvalue weighted by Crippen LogP contribution is 2.42. The van der Waals surface area contributed by atoms with Crippen LogP contribution in [0.3, 0.4) is 0 Å². The predicted octanol–water partition coefficient (Wildman–Crippen LogP) is 3.68. The van der Waals surface area contributed by atoms with Gasteiger partial charge in [-0.25, -0.2) is 9.37 Å². The second-order valence-electron chi connectivity index (χ2n) is 4.08. The van der Waals surface area contributed by atoms with Crippen LogP contribution in [0.4, 0.5) is 10.2 Å². The Bertz CT molecular complexity index is 377. The van der Waals surface area contributed by atoms with Crippen LogP contribution in [0, 0.1) is 5.82 Å². The number of halogens is 2. The lowest BCUT2D eigenvalue weighted by Crippen LogP contribution is -2.40. The van der Waals surface area contributed by atoms with Crippen molar-refractivity contribution in [3.8, 4) is 0 Å². The van der Waals surface area contributed by atoms with Gasteiger partial charge < -0.3 is 5.32 Å². The number of nitrogens with one attached hydrogen (secondary N) is 1. The van der Waals surface area contributed by atoms with Crippen LogP contribution in [-0.4, -0.2) is 22.5 Å². The van der Waals surface area contributed by atoms with Gasteiger partial charge in [-0.05, 0) is 41.1 Å². The second kappa shape index (κ2) is 4.92. The maximum absolute atomic E-state index is 13.5. The van der Waals surface area contributed by atoms with Gasteiger partial charge in [0.05, 0.1) is 0 Å². The van der Waals surface area contributed by atoms with Crippen molar-refractivity contribution in [1.29, 1.82) is 0 Å². The van der Waals surface area contributed by atoms with Gasteiger partial charge in [0, 0.05) is 22.0 Å². The molecule has 1 N–H and O–H groups in total. The van der Waals surface area contributed by atoms with Crippen LogP contribution < -0.4 is 5.32 Å². The molecule has 0 spiro atoms. The predicted molar refractivity (Wildman–Crippen MR) is 70.5 cm³/mol. The monoisotopic (exact) mass is 304 g/mol. The molecule has 0 aromatic carbocycles. The summed E-state index contributed by atoms with van der Waals surface area (Å²) in [5, 5.41) is 3.11. The standard InChI is InChI=1S/C11H14BrFN2S/c1-16-11(3-2-4-11)7-15-10-9(13)5-8(12)6-14-10/h5-6H,2-4,7H2,1H3,(H,14,15). The van der Waals surface area contributed by atoms with Crippen LogP contribution in [0.1, 0.15) is 19.3 Å². The van der Waals surface area contributed by atoms with E-state index in [1.807, 2.05) is 11.8 Å². The summed E-state index contributed by atoms with van der Waals surface area (Å²) in [7, 11) is 0. The molecule has 1 heterocycles. The fourth-order valence-electron chi connectivity index (χ4n) is 1.81. The van der Waals surface area contributed by atoms with E-state index in [9.17, 15) is 4.39 Å². The lowest BCUT2D eigenvalue weighted by atomic mass is 9.84. The third-order valence-corrected chi connectivity index (χ3v) is 4.94. The number of thioether (sulfide) groups is 1. The maximum atomic E-state index is 13.5. The molecule has 0 amide bonds. The van der Waals surface area contributed by atoms with Gasteiger partial charge in [-0.2, -0.15) is 11.8 Å². The average Bonchev–Trinajstić information content (AvgIpc) is 2.19. The van der Waals surface area contributed by atoms with Gasteiger partial charge in [-0.15, -0.1) is 0 Å². The smallest absolute Gasteiger partial charge is 0.166 e. The molecule has 1 aromatic heterocycles. The molecule has 0 unspecified atom stereocenters.